The SMILES string of the molecule is CNCc1c(COCC2CCCCO2)oc2ccccc12. The van der Waals surface area contributed by atoms with Crippen molar-refractivity contribution in [3.63, 3.8) is 0 Å². The molecule has 4 heteroatoms. The molecule has 0 saturated carbocycles. The topological polar surface area (TPSA) is 43.6 Å². The summed E-state index contributed by atoms with van der Waals surface area (Å²) in [5, 5.41) is 4.37. The molecule has 2 aromatic rings. The molecule has 1 fully saturated rings. The maximum atomic E-state index is 5.94. The highest BCUT2D eigenvalue weighted by Crippen LogP contribution is 2.26. The molecule has 0 amide bonds. The van der Waals surface area contributed by atoms with E-state index < -0.39 is 0 Å². The predicted molar refractivity (Wildman–Crippen MR) is 82.2 cm³/mol. The van der Waals surface area contributed by atoms with Gasteiger partial charge in [0.2, 0.25) is 0 Å². The van der Waals surface area contributed by atoms with Gasteiger partial charge in [-0.2, -0.15) is 0 Å². The Morgan fingerprint density at radius 2 is 2.19 bits per heavy atom. The zero-order chi connectivity index (χ0) is 14.5. The van der Waals surface area contributed by atoms with Gasteiger partial charge in [0.25, 0.3) is 0 Å². The van der Waals surface area contributed by atoms with Crippen LogP contribution in [-0.2, 0) is 22.6 Å². The van der Waals surface area contributed by atoms with Crippen LogP contribution >= 0.6 is 0 Å². The maximum absolute atomic E-state index is 5.94. The van der Waals surface area contributed by atoms with Crippen LogP contribution in [0.1, 0.15) is 30.6 Å². The fraction of sp³-hybridized carbons (Fsp3) is 0.529. The van der Waals surface area contributed by atoms with E-state index in [0.29, 0.717) is 13.2 Å². The van der Waals surface area contributed by atoms with Crippen molar-refractivity contribution in [1.82, 2.24) is 5.32 Å². The highest BCUT2D eigenvalue weighted by molar-refractivity contribution is 5.82. The van der Waals surface area contributed by atoms with Crippen LogP contribution in [0.25, 0.3) is 11.0 Å². The number of benzene rings is 1. The van der Waals surface area contributed by atoms with E-state index in [9.17, 15) is 0 Å². The number of hydrogen-bond donors (Lipinski definition) is 1. The van der Waals surface area contributed by atoms with Crippen LogP contribution < -0.4 is 5.32 Å². The van der Waals surface area contributed by atoms with E-state index in [-0.39, 0.29) is 6.10 Å². The predicted octanol–water partition coefficient (Wildman–Crippen LogP) is 3.24. The van der Waals surface area contributed by atoms with Gasteiger partial charge in [0.1, 0.15) is 18.0 Å². The zero-order valence-corrected chi connectivity index (χ0v) is 12.6. The molecule has 114 valence electrons. The molecule has 2 heterocycles. The second-order valence-corrected chi connectivity index (χ2v) is 5.53. The van der Waals surface area contributed by atoms with E-state index in [1.54, 1.807) is 0 Å². The van der Waals surface area contributed by atoms with Gasteiger partial charge in [-0.1, -0.05) is 18.2 Å². The number of furan rings is 1. The van der Waals surface area contributed by atoms with Gasteiger partial charge in [-0.25, -0.2) is 0 Å². The normalized spacial score (nSPS) is 19.2. The van der Waals surface area contributed by atoms with Gasteiger partial charge in [-0.05, 0) is 32.4 Å². The van der Waals surface area contributed by atoms with Gasteiger partial charge in [0.05, 0.1) is 12.7 Å². The molecule has 4 nitrogen and oxygen atoms in total. The van der Waals surface area contributed by atoms with Crippen molar-refractivity contribution in [2.45, 2.75) is 38.5 Å². The number of hydrogen-bond acceptors (Lipinski definition) is 4. The number of para-hydroxylation sites is 1. The first-order valence-electron chi connectivity index (χ1n) is 7.71. The lowest BCUT2D eigenvalue weighted by atomic mass is 10.1. The zero-order valence-electron chi connectivity index (χ0n) is 12.6. The molecule has 1 N–H and O–H groups in total. The first-order valence-corrected chi connectivity index (χ1v) is 7.71. The Hall–Kier alpha value is -1.36. The van der Waals surface area contributed by atoms with Crippen LogP contribution in [0.5, 0.6) is 0 Å². The van der Waals surface area contributed by atoms with Crippen molar-refractivity contribution in [2.75, 3.05) is 20.3 Å². The van der Waals surface area contributed by atoms with Crippen molar-refractivity contribution in [3.8, 4) is 0 Å². The second kappa shape index (κ2) is 7.07. The molecule has 1 aromatic carbocycles. The van der Waals surface area contributed by atoms with Gasteiger partial charge in [-0.3, -0.25) is 0 Å². The highest BCUT2D eigenvalue weighted by atomic mass is 16.5. The minimum atomic E-state index is 0.246. The molecule has 1 unspecified atom stereocenters. The van der Waals surface area contributed by atoms with E-state index in [0.717, 1.165) is 30.9 Å². The molecule has 21 heavy (non-hydrogen) atoms. The molecule has 1 atom stereocenters. The van der Waals surface area contributed by atoms with E-state index in [1.807, 2.05) is 25.2 Å². The van der Waals surface area contributed by atoms with Crippen molar-refractivity contribution < 1.29 is 13.9 Å². The lowest BCUT2D eigenvalue weighted by Crippen LogP contribution is -2.24. The first-order chi connectivity index (χ1) is 10.4. The van der Waals surface area contributed by atoms with Crippen molar-refractivity contribution in [1.29, 1.82) is 0 Å². The lowest BCUT2D eigenvalue weighted by Gasteiger charge is -2.22. The minimum Gasteiger partial charge on any atom is -0.458 e. The molecule has 3 rings (SSSR count). The summed E-state index contributed by atoms with van der Waals surface area (Å²) in [6.45, 7) is 2.81. The maximum Gasteiger partial charge on any atom is 0.135 e. The molecule has 0 radical (unpaired) electrons. The molecule has 0 spiro atoms. The summed E-state index contributed by atoms with van der Waals surface area (Å²) in [6, 6.07) is 8.13. The van der Waals surface area contributed by atoms with Crippen LogP contribution in [0, 0.1) is 0 Å². The van der Waals surface area contributed by atoms with Crippen molar-refractivity contribution in [3.05, 3.63) is 35.6 Å². The van der Waals surface area contributed by atoms with Crippen LogP contribution in [0.15, 0.2) is 28.7 Å². The van der Waals surface area contributed by atoms with E-state index in [4.69, 9.17) is 13.9 Å². The molecule has 0 aliphatic carbocycles. The summed E-state index contributed by atoms with van der Waals surface area (Å²) in [7, 11) is 1.95. The summed E-state index contributed by atoms with van der Waals surface area (Å²) < 4.78 is 17.4. The van der Waals surface area contributed by atoms with E-state index in [2.05, 4.69) is 11.4 Å². The van der Waals surface area contributed by atoms with Gasteiger partial charge >= 0.3 is 0 Å². The lowest BCUT2D eigenvalue weighted by molar-refractivity contribution is -0.0471. The average Bonchev–Trinajstić information content (AvgIpc) is 2.87. The Labute approximate surface area is 125 Å². The summed E-state index contributed by atoms with van der Waals surface area (Å²) in [4.78, 5) is 0. The molecule has 1 aromatic heterocycles. The van der Waals surface area contributed by atoms with Crippen LogP contribution in [0.4, 0.5) is 0 Å². The molecule has 1 aliphatic heterocycles. The summed E-state index contributed by atoms with van der Waals surface area (Å²) in [5.41, 5.74) is 2.12. The third-order valence-electron chi connectivity index (χ3n) is 3.95. The van der Waals surface area contributed by atoms with Crippen molar-refractivity contribution in [2.24, 2.45) is 0 Å². The average molecular weight is 289 g/mol. The fourth-order valence-electron chi connectivity index (χ4n) is 2.86. The number of rotatable bonds is 6. The highest BCUT2D eigenvalue weighted by Gasteiger charge is 2.16. The molecule has 0 bridgehead atoms. The first kappa shape index (κ1) is 14.6. The molecule has 1 aliphatic rings. The molecule has 1 saturated heterocycles. The Morgan fingerprint density at radius 1 is 1.29 bits per heavy atom. The van der Waals surface area contributed by atoms with Gasteiger partial charge in [0.15, 0.2) is 0 Å². The second-order valence-electron chi connectivity index (χ2n) is 5.53. The number of nitrogens with one attached hydrogen (secondary N) is 1. The Kier molecular flexibility index (Phi) is 4.91. The quantitative estimate of drug-likeness (QED) is 0.886. The largest absolute Gasteiger partial charge is 0.458 e. The fourth-order valence-corrected chi connectivity index (χ4v) is 2.86. The number of ether oxygens (including phenoxy) is 2. The standard InChI is InChI=1S/C17H23NO3/c1-18-10-15-14-7-2-3-8-16(14)21-17(15)12-19-11-13-6-4-5-9-20-13/h2-3,7-8,13,18H,4-6,9-12H2,1H3. The summed E-state index contributed by atoms with van der Waals surface area (Å²) >= 11 is 0. The van der Waals surface area contributed by atoms with Crippen LogP contribution in [0.2, 0.25) is 0 Å². The number of fused-ring (bicyclic) bond motifs is 1. The van der Waals surface area contributed by atoms with Crippen LogP contribution in [-0.4, -0.2) is 26.4 Å². The van der Waals surface area contributed by atoms with Crippen molar-refractivity contribution >= 4 is 11.0 Å². The van der Waals surface area contributed by atoms with E-state index in [1.165, 1.54) is 23.8 Å². The van der Waals surface area contributed by atoms with Gasteiger partial charge < -0.3 is 19.2 Å². The molecular weight excluding hydrogens is 266 g/mol. The Morgan fingerprint density at radius 3 is 3.00 bits per heavy atom. The smallest absolute Gasteiger partial charge is 0.135 e. The third-order valence-corrected chi connectivity index (χ3v) is 3.95. The summed E-state index contributed by atoms with van der Waals surface area (Å²) in [6.07, 6.45) is 3.76. The van der Waals surface area contributed by atoms with E-state index >= 15 is 0 Å². The molecular formula is C17H23NO3. The summed E-state index contributed by atoms with van der Waals surface area (Å²) in [5.74, 6) is 0.918. The van der Waals surface area contributed by atoms with Crippen LogP contribution in [0.3, 0.4) is 0 Å². The van der Waals surface area contributed by atoms with Gasteiger partial charge in [-0.15, -0.1) is 0 Å². The minimum absolute atomic E-state index is 0.246. The van der Waals surface area contributed by atoms with Gasteiger partial charge in [0, 0.05) is 24.1 Å². The Bertz CT molecular complexity index is 572. The monoisotopic (exact) mass is 289 g/mol. The Balaban J connectivity index is 1.66. The third kappa shape index (κ3) is 3.46.